The van der Waals surface area contributed by atoms with Gasteiger partial charge in [-0.15, -0.1) is 10.2 Å². The standard InChI is InChI=1S/C23H25N5O4S/c1-33-11-7-17(22-26-25-20-4-2-3-8-27(20)22)24-23(30)15-12-21(29)28(14-15)16-5-6-18-19(13-16)32-10-9-31-18/h2-6,8,13,15,17H,7,9-12,14H2,1H3,(H,24,30). The summed E-state index contributed by atoms with van der Waals surface area (Å²) in [5.41, 5.74) is 1.44. The Labute approximate surface area is 195 Å². The molecule has 0 saturated carbocycles. The number of benzene rings is 1. The minimum absolute atomic E-state index is 0.0829. The second-order valence-electron chi connectivity index (χ2n) is 8.06. The van der Waals surface area contributed by atoms with Crippen molar-refractivity contribution in [1.29, 1.82) is 0 Å². The molecular formula is C23H25N5O4S. The number of pyridine rings is 1. The molecule has 1 N–H and O–H groups in total. The number of nitrogens with one attached hydrogen (secondary N) is 1. The van der Waals surface area contributed by atoms with Gasteiger partial charge < -0.3 is 19.7 Å². The smallest absolute Gasteiger partial charge is 0.227 e. The molecule has 1 saturated heterocycles. The van der Waals surface area contributed by atoms with Gasteiger partial charge in [-0.3, -0.25) is 14.0 Å². The van der Waals surface area contributed by atoms with Gasteiger partial charge in [-0.05, 0) is 42.7 Å². The average molecular weight is 468 g/mol. The Morgan fingerprint density at radius 2 is 2.06 bits per heavy atom. The van der Waals surface area contributed by atoms with Crippen LogP contribution in [0.2, 0.25) is 0 Å². The summed E-state index contributed by atoms with van der Waals surface area (Å²) >= 11 is 1.71. The molecular weight excluding hydrogens is 442 g/mol. The molecule has 172 valence electrons. The van der Waals surface area contributed by atoms with Gasteiger partial charge >= 0.3 is 0 Å². The number of fused-ring (bicyclic) bond motifs is 2. The van der Waals surface area contributed by atoms with Crippen molar-refractivity contribution in [2.45, 2.75) is 18.9 Å². The number of ether oxygens (including phenoxy) is 2. The van der Waals surface area contributed by atoms with E-state index in [4.69, 9.17) is 9.47 Å². The van der Waals surface area contributed by atoms with Gasteiger partial charge in [0.25, 0.3) is 0 Å². The predicted octanol–water partition coefficient (Wildman–Crippen LogP) is 2.46. The number of hydrogen-bond donors (Lipinski definition) is 1. The first-order valence-corrected chi connectivity index (χ1v) is 12.3. The van der Waals surface area contributed by atoms with Gasteiger partial charge in [0.2, 0.25) is 11.8 Å². The summed E-state index contributed by atoms with van der Waals surface area (Å²) in [4.78, 5) is 27.6. The second kappa shape index (κ2) is 9.30. The van der Waals surface area contributed by atoms with Crippen molar-refractivity contribution in [3.8, 4) is 11.5 Å². The zero-order valence-electron chi connectivity index (χ0n) is 18.3. The van der Waals surface area contributed by atoms with Crippen molar-refractivity contribution in [3.63, 3.8) is 0 Å². The third-order valence-corrected chi connectivity index (χ3v) is 6.56. The summed E-state index contributed by atoms with van der Waals surface area (Å²) < 4.78 is 13.1. The van der Waals surface area contributed by atoms with E-state index in [1.54, 1.807) is 28.8 Å². The van der Waals surface area contributed by atoms with Crippen LogP contribution in [0.25, 0.3) is 5.65 Å². The van der Waals surface area contributed by atoms with Gasteiger partial charge in [0.1, 0.15) is 13.2 Å². The molecule has 1 aromatic carbocycles. The van der Waals surface area contributed by atoms with Crippen LogP contribution in [0, 0.1) is 5.92 Å². The topological polar surface area (TPSA) is 98.1 Å². The summed E-state index contributed by atoms with van der Waals surface area (Å²) in [6.07, 6.45) is 4.80. The molecule has 3 aromatic rings. The number of thioether (sulfide) groups is 1. The van der Waals surface area contributed by atoms with Gasteiger partial charge in [0, 0.05) is 30.9 Å². The summed E-state index contributed by atoms with van der Waals surface area (Å²) in [7, 11) is 0. The molecule has 5 rings (SSSR count). The fourth-order valence-corrected chi connectivity index (χ4v) is 4.69. The fourth-order valence-electron chi connectivity index (χ4n) is 4.22. The Morgan fingerprint density at radius 3 is 2.91 bits per heavy atom. The van der Waals surface area contributed by atoms with Gasteiger partial charge in [-0.25, -0.2) is 0 Å². The third-order valence-electron chi connectivity index (χ3n) is 5.91. The Morgan fingerprint density at radius 1 is 1.21 bits per heavy atom. The van der Waals surface area contributed by atoms with Crippen LogP contribution >= 0.6 is 11.8 Å². The van der Waals surface area contributed by atoms with Crippen molar-refractivity contribution in [3.05, 3.63) is 48.4 Å². The molecule has 4 heterocycles. The van der Waals surface area contributed by atoms with Gasteiger partial charge in [0.15, 0.2) is 23.0 Å². The first-order chi connectivity index (χ1) is 16.1. The van der Waals surface area contributed by atoms with E-state index in [2.05, 4.69) is 15.5 Å². The third kappa shape index (κ3) is 4.35. The van der Waals surface area contributed by atoms with Crippen LogP contribution in [0.15, 0.2) is 42.6 Å². The zero-order chi connectivity index (χ0) is 22.8. The fraction of sp³-hybridized carbons (Fsp3) is 0.391. The lowest BCUT2D eigenvalue weighted by Crippen LogP contribution is -2.36. The van der Waals surface area contributed by atoms with Crippen LogP contribution < -0.4 is 19.7 Å². The zero-order valence-corrected chi connectivity index (χ0v) is 19.1. The first kappa shape index (κ1) is 21.6. The molecule has 0 bridgehead atoms. The van der Waals surface area contributed by atoms with E-state index in [-0.39, 0.29) is 24.3 Å². The van der Waals surface area contributed by atoms with Gasteiger partial charge in [-0.2, -0.15) is 11.8 Å². The molecule has 0 aliphatic carbocycles. The van der Waals surface area contributed by atoms with E-state index in [0.29, 0.717) is 42.8 Å². The number of amides is 2. The number of aromatic nitrogens is 3. The van der Waals surface area contributed by atoms with E-state index in [1.807, 2.05) is 41.1 Å². The normalized spacial score (nSPS) is 18.5. The van der Waals surface area contributed by atoms with Crippen LogP contribution in [0.4, 0.5) is 5.69 Å². The molecule has 2 atom stereocenters. The Bertz CT molecular complexity index is 1180. The monoisotopic (exact) mass is 467 g/mol. The maximum absolute atomic E-state index is 13.2. The molecule has 2 aliphatic heterocycles. The minimum Gasteiger partial charge on any atom is -0.486 e. The van der Waals surface area contributed by atoms with Crippen LogP contribution in [0.1, 0.15) is 24.7 Å². The molecule has 9 nitrogen and oxygen atoms in total. The van der Waals surface area contributed by atoms with Crippen LogP contribution in [0.5, 0.6) is 11.5 Å². The first-order valence-electron chi connectivity index (χ1n) is 10.9. The Kier molecular flexibility index (Phi) is 6.08. The molecule has 0 spiro atoms. The summed E-state index contributed by atoms with van der Waals surface area (Å²) in [6.45, 7) is 1.31. The number of hydrogen-bond acceptors (Lipinski definition) is 7. The highest BCUT2D eigenvalue weighted by atomic mass is 32.2. The molecule has 0 radical (unpaired) electrons. The van der Waals surface area contributed by atoms with Crippen molar-refractivity contribution < 1.29 is 19.1 Å². The van der Waals surface area contributed by atoms with E-state index in [0.717, 1.165) is 17.8 Å². The highest BCUT2D eigenvalue weighted by Crippen LogP contribution is 2.36. The van der Waals surface area contributed by atoms with E-state index < -0.39 is 5.92 Å². The largest absolute Gasteiger partial charge is 0.486 e. The van der Waals surface area contributed by atoms with Gasteiger partial charge in [0.05, 0.1) is 12.0 Å². The number of carbonyl (C=O) groups excluding carboxylic acids is 2. The highest BCUT2D eigenvalue weighted by molar-refractivity contribution is 7.98. The molecule has 33 heavy (non-hydrogen) atoms. The summed E-state index contributed by atoms with van der Waals surface area (Å²) in [6, 6.07) is 10.8. The summed E-state index contributed by atoms with van der Waals surface area (Å²) in [5.74, 6) is 2.17. The molecule has 2 aromatic heterocycles. The lowest BCUT2D eigenvalue weighted by Gasteiger charge is -2.22. The Hall–Kier alpha value is -3.27. The van der Waals surface area contributed by atoms with Crippen molar-refractivity contribution in [2.24, 2.45) is 5.92 Å². The van der Waals surface area contributed by atoms with E-state index in [1.165, 1.54) is 0 Å². The van der Waals surface area contributed by atoms with Crippen molar-refractivity contribution in [2.75, 3.05) is 36.7 Å². The van der Waals surface area contributed by atoms with Gasteiger partial charge in [-0.1, -0.05) is 6.07 Å². The van der Waals surface area contributed by atoms with Crippen molar-refractivity contribution in [1.82, 2.24) is 19.9 Å². The van der Waals surface area contributed by atoms with E-state index >= 15 is 0 Å². The average Bonchev–Trinajstić information content (AvgIpc) is 3.45. The highest BCUT2D eigenvalue weighted by Gasteiger charge is 2.37. The number of rotatable bonds is 7. The van der Waals surface area contributed by atoms with E-state index in [9.17, 15) is 9.59 Å². The molecule has 2 unspecified atom stereocenters. The Balaban J connectivity index is 1.31. The number of anilines is 1. The quantitative estimate of drug-likeness (QED) is 0.570. The molecule has 1 fully saturated rings. The SMILES string of the molecule is CSCCC(NC(=O)C1CC(=O)N(c2ccc3c(c2)OCCO3)C1)c1nnc2ccccn12. The minimum atomic E-state index is -0.443. The molecule has 2 aliphatic rings. The summed E-state index contributed by atoms with van der Waals surface area (Å²) in [5, 5.41) is 11.7. The predicted molar refractivity (Wildman–Crippen MR) is 125 cm³/mol. The lowest BCUT2D eigenvalue weighted by molar-refractivity contribution is -0.127. The van der Waals surface area contributed by atoms with Crippen molar-refractivity contribution >= 4 is 34.9 Å². The maximum atomic E-state index is 13.2. The lowest BCUT2D eigenvalue weighted by atomic mass is 10.1. The molecule has 2 amide bonds. The maximum Gasteiger partial charge on any atom is 0.227 e. The van der Waals surface area contributed by atoms with Crippen LogP contribution in [-0.4, -0.2) is 58.2 Å². The second-order valence-corrected chi connectivity index (χ2v) is 9.05. The number of carbonyl (C=O) groups is 2. The van der Waals surface area contributed by atoms with Crippen LogP contribution in [0.3, 0.4) is 0 Å². The molecule has 10 heteroatoms. The number of nitrogens with zero attached hydrogens (tertiary/aromatic N) is 4. The van der Waals surface area contributed by atoms with Crippen LogP contribution in [-0.2, 0) is 9.59 Å².